The quantitative estimate of drug-likeness (QED) is 0.899. The Balaban J connectivity index is 2.16. The predicted octanol–water partition coefficient (Wildman–Crippen LogP) is 2.44. The second-order valence-electron chi connectivity index (χ2n) is 3.86. The molecule has 6 nitrogen and oxygen atoms in total. The molecule has 2 rings (SSSR count). The summed E-state index contributed by atoms with van der Waals surface area (Å²) in [5, 5.41) is 17.8. The normalized spacial score (nSPS) is 9.80. The zero-order chi connectivity index (χ0) is 14.5. The van der Waals surface area contributed by atoms with Crippen LogP contribution in [0.25, 0.3) is 0 Å². The number of rotatable bonds is 5. The second kappa shape index (κ2) is 5.80. The van der Waals surface area contributed by atoms with E-state index in [1.807, 2.05) is 6.07 Å². The lowest BCUT2D eigenvalue weighted by Gasteiger charge is -2.07. The number of furan rings is 1. The maximum Gasteiger partial charge on any atom is 0.339 e. The van der Waals surface area contributed by atoms with Crippen LogP contribution in [0.4, 0.5) is 0 Å². The zero-order valence-electron chi connectivity index (χ0n) is 10.6. The molecule has 0 fully saturated rings. The number of nitrogens with zero attached hydrogens (tertiary/aromatic N) is 1. The van der Waals surface area contributed by atoms with E-state index in [2.05, 4.69) is 0 Å². The van der Waals surface area contributed by atoms with Gasteiger partial charge in [0.2, 0.25) is 0 Å². The number of hydrogen-bond acceptors (Lipinski definition) is 5. The molecular formula is C14H11NO5. The van der Waals surface area contributed by atoms with Gasteiger partial charge in [0.1, 0.15) is 23.7 Å². The molecule has 1 N–H and O–H groups in total. The first-order valence-electron chi connectivity index (χ1n) is 5.65. The van der Waals surface area contributed by atoms with Crippen LogP contribution in [0.2, 0.25) is 0 Å². The van der Waals surface area contributed by atoms with Crippen LogP contribution in [0, 0.1) is 11.3 Å². The van der Waals surface area contributed by atoms with E-state index in [-0.39, 0.29) is 17.9 Å². The predicted molar refractivity (Wildman–Crippen MR) is 67.7 cm³/mol. The SMILES string of the molecule is COc1cc(C#N)cc(OCc2occc2C(=O)O)c1. The van der Waals surface area contributed by atoms with Gasteiger partial charge in [-0.2, -0.15) is 5.26 Å². The van der Waals surface area contributed by atoms with Gasteiger partial charge in [0, 0.05) is 6.07 Å². The van der Waals surface area contributed by atoms with Crippen LogP contribution in [-0.2, 0) is 6.61 Å². The van der Waals surface area contributed by atoms with Gasteiger partial charge in [-0.3, -0.25) is 0 Å². The Kier molecular flexibility index (Phi) is 3.91. The van der Waals surface area contributed by atoms with Crippen molar-refractivity contribution < 1.29 is 23.8 Å². The maximum atomic E-state index is 10.9. The monoisotopic (exact) mass is 273 g/mol. The minimum Gasteiger partial charge on any atom is -0.497 e. The molecule has 0 bridgehead atoms. The van der Waals surface area contributed by atoms with Crippen LogP contribution in [0.3, 0.4) is 0 Å². The number of aromatic carboxylic acids is 1. The first-order valence-corrected chi connectivity index (χ1v) is 5.65. The van der Waals surface area contributed by atoms with Gasteiger partial charge >= 0.3 is 5.97 Å². The van der Waals surface area contributed by atoms with Crippen molar-refractivity contribution in [2.45, 2.75) is 6.61 Å². The van der Waals surface area contributed by atoms with E-state index in [0.29, 0.717) is 17.1 Å². The van der Waals surface area contributed by atoms with Crippen molar-refractivity contribution in [1.29, 1.82) is 5.26 Å². The molecule has 102 valence electrons. The number of carboxylic acids is 1. The summed E-state index contributed by atoms with van der Waals surface area (Å²) < 4.78 is 15.5. The first kappa shape index (κ1) is 13.5. The summed E-state index contributed by atoms with van der Waals surface area (Å²) in [5.74, 6) is 0.00475. The van der Waals surface area contributed by atoms with Gasteiger partial charge in [-0.1, -0.05) is 0 Å². The van der Waals surface area contributed by atoms with Crippen molar-refractivity contribution >= 4 is 5.97 Å². The molecule has 2 aromatic rings. The maximum absolute atomic E-state index is 10.9. The molecule has 0 spiro atoms. The largest absolute Gasteiger partial charge is 0.497 e. The van der Waals surface area contributed by atoms with Crippen molar-refractivity contribution in [1.82, 2.24) is 0 Å². The summed E-state index contributed by atoms with van der Waals surface area (Å²) in [4.78, 5) is 10.9. The summed E-state index contributed by atoms with van der Waals surface area (Å²) in [7, 11) is 1.48. The number of methoxy groups -OCH3 is 1. The lowest BCUT2D eigenvalue weighted by atomic mass is 10.2. The van der Waals surface area contributed by atoms with E-state index in [4.69, 9.17) is 24.3 Å². The number of carbonyl (C=O) groups is 1. The van der Waals surface area contributed by atoms with Gasteiger partial charge in [0.15, 0.2) is 5.76 Å². The Bertz CT molecular complexity index is 668. The fourth-order valence-electron chi connectivity index (χ4n) is 1.63. The van der Waals surface area contributed by atoms with E-state index in [9.17, 15) is 4.79 Å². The van der Waals surface area contributed by atoms with Gasteiger partial charge in [-0.05, 0) is 18.2 Å². The fraction of sp³-hybridized carbons (Fsp3) is 0.143. The van der Waals surface area contributed by atoms with Crippen molar-refractivity contribution in [3.8, 4) is 17.6 Å². The Morgan fingerprint density at radius 2 is 2.15 bits per heavy atom. The molecule has 1 heterocycles. The van der Waals surface area contributed by atoms with Gasteiger partial charge in [-0.15, -0.1) is 0 Å². The lowest BCUT2D eigenvalue weighted by Crippen LogP contribution is -2.02. The van der Waals surface area contributed by atoms with Crippen molar-refractivity contribution in [3.05, 3.63) is 47.4 Å². The molecule has 0 aliphatic rings. The van der Waals surface area contributed by atoms with Crippen LogP contribution in [0.5, 0.6) is 11.5 Å². The minimum absolute atomic E-state index is 0.0489. The highest BCUT2D eigenvalue weighted by Gasteiger charge is 2.14. The second-order valence-corrected chi connectivity index (χ2v) is 3.86. The number of ether oxygens (including phenoxy) is 2. The van der Waals surface area contributed by atoms with Gasteiger partial charge in [0.05, 0.1) is 25.0 Å². The summed E-state index contributed by atoms with van der Waals surface area (Å²) in [5.41, 5.74) is 0.436. The van der Waals surface area contributed by atoms with E-state index in [1.54, 1.807) is 12.1 Å². The Labute approximate surface area is 114 Å². The molecular weight excluding hydrogens is 262 g/mol. The average Bonchev–Trinajstić information content (AvgIpc) is 2.93. The number of hydrogen-bond donors (Lipinski definition) is 1. The van der Waals surface area contributed by atoms with E-state index in [1.165, 1.54) is 25.5 Å². The van der Waals surface area contributed by atoms with E-state index >= 15 is 0 Å². The summed E-state index contributed by atoms with van der Waals surface area (Å²) >= 11 is 0. The van der Waals surface area contributed by atoms with Crippen LogP contribution in [-0.4, -0.2) is 18.2 Å². The number of nitriles is 1. The number of benzene rings is 1. The molecule has 0 unspecified atom stereocenters. The number of carboxylic acid groups (broad SMARTS) is 1. The van der Waals surface area contributed by atoms with Crippen LogP contribution in [0.15, 0.2) is 34.9 Å². The third-order valence-corrected chi connectivity index (χ3v) is 2.59. The molecule has 0 aliphatic carbocycles. The molecule has 0 aliphatic heterocycles. The molecule has 20 heavy (non-hydrogen) atoms. The smallest absolute Gasteiger partial charge is 0.339 e. The molecule has 0 atom stereocenters. The highest BCUT2D eigenvalue weighted by Crippen LogP contribution is 2.23. The van der Waals surface area contributed by atoms with E-state index in [0.717, 1.165) is 0 Å². The van der Waals surface area contributed by atoms with Crippen molar-refractivity contribution in [3.63, 3.8) is 0 Å². The van der Waals surface area contributed by atoms with Gasteiger partial charge < -0.3 is 19.0 Å². The third-order valence-electron chi connectivity index (χ3n) is 2.59. The molecule has 0 radical (unpaired) electrons. The minimum atomic E-state index is -1.08. The standard InChI is InChI=1S/C14H11NO5/c1-18-10-4-9(7-15)5-11(6-10)20-8-13-12(14(16)17)2-3-19-13/h2-6H,8H2,1H3,(H,16,17). The Hall–Kier alpha value is -2.94. The molecule has 0 amide bonds. The summed E-state index contributed by atoms with van der Waals surface area (Å²) in [6, 6.07) is 8.05. The lowest BCUT2D eigenvalue weighted by molar-refractivity contribution is 0.0692. The van der Waals surface area contributed by atoms with Gasteiger partial charge in [0.25, 0.3) is 0 Å². The first-order chi connectivity index (χ1) is 9.63. The molecule has 1 aromatic carbocycles. The molecule has 0 saturated carbocycles. The Morgan fingerprint density at radius 3 is 2.80 bits per heavy atom. The third kappa shape index (κ3) is 2.90. The zero-order valence-corrected chi connectivity index (χ0v) is 10.6. The molecule has 0 saturated heterocycles. The Morgan fingerprint density at radius 1 is 1.40 bits per heavy atom. The topological polar surface area (TPSA) is 92.7 Å². The van der Waals surface area contributed by atoms with Crippen molar-refractivity contribution in [2.75, 3.05) is 7.11 Å². The summed E-state index contributed by atoms with van der Waals surface area (Å²) in [6.07, 6.45) is 1.29. The fourth-order valence-corrected chi connectivity index (χ4v) is 1.63. The summed E-state index contributed by atoms with van der Waals surface area (Å²) in [6.45, 7) is -0.0489. The average molecular weight is 273 g/mol. The van der Waals surface area contributed by atoms with Crippen LogP contribution < -0.4 is 9.47 Å². The van der Waals surface area contributed by atoms with Crippen molar-refractivity contribution in [2.24, 2.45) is 0 Å². The van der Waals surface area contributed by atoms with Gasteiger partial charge in [-0.25, -0.2) is 4.79 Å². The van der Waals surface area contributed by atoms with Crippen LogP contribution in [0.1, 0.15) is 21.7 Å². The highest BCUT2D eigenvalue weighted by atomic mass is 16.5. The highest BCUT2D eigenvalue weighted by molar-refractivity contribution is 5.88. The molecule has 6 heteroatoms. The van der Waals surface area contributed by atoms with E-state index < -0.39 is 5.97 Å². The molecule has 1 aromatic heterocycles. The van der Waals surface area contributed by atoms with Crippen LogP contribution >= 0.6 is 0 Å².